The van der Waals surface area contributed by atoms with Gasteiger partial charge in [0.1, 0.15) is 17.0 Å². The topological polar surface area (TPSA) is 88.9 Å². The molecule has 0 saturated carbocycles. The minimum absolute atomic E-state index is 0.0701. The number of hydrogen-bond donors (Lipinski definition) is 2. The van der Waals surface area contributed by atoms with Gasteiger partial charge in [0.2, 0.25) is 0 Å². The summed E-state index contributed by atoms with van der Waals surface area (Å²) in [5.74, 6) is -0.438. The number of anilines is 1. The lowest BCUT2D eigenvalue weighted by Crippen LogP contribution is -2.37. The molecular formula is C21H17N5O2. The largest absolute Gasteiger partial charge is 0.349 e. The second-order valence-electron chi connectivity index (χ2n) is 6.94. The maximum atomic E-state index is 12.7. The van der Waals surface area contributed by atoms with Crippen LogP contribution in [0.1, 0.15) is 33.9 Å². The molecule has 0 radical (unpaired) electrons. The van der Waals surface area contributed by atoms with E-state index in [1.165, 1.54) is 0 Å². The average molecular weight is 371 g/mol. The van der Waals surface area contributed by atoms with E-state index < -0.39 is 0 Å². The Morgan fingerprint density at radius 2 is 2.04 bits per heavy atom. The van der Waals surface area contributed by atoms with Crippen molar-refractivity contribution in [3.05, 3.63) is 66.1 Å². The number of nitrogens with one attached hydrogen (secondary N) is 2. The van der Waals surface area contributed by atoms with E-state index in [0.29, 0.717) is 29.3 Å². The van der Waals surface area contributed by atoms with Crippen LogP contribution >= 0.6 is 0 Å². The van der Waals surface area contributed by atoms with E-state index in [-0.39, 0.29) is 17.9 Å². The SMILES string of the molecule is CC1CNC(=O)c2cc3ccc(C(=O)Nc4cnc5ccccc5c4)nc3n21. The maximum absolute atomic E-state index is 12.7. The summed E-state index contributed by atoms with van der Waals surface area (Å²) in [6.07, 6.45) is 1.63. The van der Waals surface area contributed by atoms with Gasteiger partial charge in [0.15, 0.2) is 0 Å². The van der Waals surface area contributed by atoms with Gasteiger partial charge < -0.3 is 15.2 Å². The highest BCUT2D eigenvalue weighted by Crippen LogP contribution is 2.26. The van der Waals surface area contributed by atoms with Gasteiger partial charge in [-0.1, -0.05) is 18.2 Å². The summed E-state index contributed by atoms with van der Waals surface area (Å²) in [6, 6.07) is 15.0. The van der Waals surface area contributed by atoms with Crippen molar-refractivity contribution in [2.24, 2.45) is 0 Å². The van der Waals surface area contributed by atoms with Gasteiger partial charge >= 0.3 is 0 Å². The Balaban J connectivity index is 1.50. The van der Waals surface area contributed by atoms with Crippen LogP contribution in [0.25, 0.3) is 21.9 Å². The third-order valence-corrected chi connectivity index (χ3v) is 5.00. The summed E-state index contributed by atoms with van der Waals surface area (Å²) in [7, 11) is 0. The van der Waals surface area contributed by atoms with Crippen molar-refractivity contribution < 1.29 is 9.59 Å². The summed E-state index contributed by atoms with van der Waals surface area (Å²) >= 11 is 0. The smallest absolute Gasteiger partial charge is 0.274 e. The van der Waals surface area contributed by atoms with Crippen molar-refractivity contribution in [1.29, 1.82) is 0 Å². The summed E-state index contributed by atoms with van der Waals surface area (Å²) in [6.45, 7) is 2.55. The van der Waals surface area contributed by atoms with E-state index in [0.717, 1.165) is 16.3 Å². The summed E-state index contributed by atoms with van der Waals surface area (Å²) in [4.78, 5) is 33.8. The van der Waals surface area contributed by atoms with E-state index in [4.69, 9.17) is 0 Å². The molecule has 0 aliphatic carbocycles. The minimum Gasteiger partial charge on any atom is -0.349 e. The number of rotatable bonds is 2. The second-order valence-corrected chi connectivity index (χ2v) is 6.94. The van der Waals surface area contributed by atoms with Crippen LogP contribution in [-0.4, -0.2) is 32.9 Å². The maximum Gasteiger partial charge on any atom is 0.274 e. The lowest BCUT2D eigenvalue weighted by atomic mass is 10.2. The highest BCUT2D eigenvalue weighted by Gasteiger charge is 2.25. The zero-order chi connectivity index (χ0) is 19.3. The van der Waals surface area contributed by atoms with E-state index in [2.05, 4.69) is 20.6 Å². The molecule has 28 heavy (non-hydrogen) atoms. The Hall–Kier alpha value is -3.74. The highest BCUT2D eigenvalue weighted by atomic mass is 16.2. The molecule has 1 aromatic carbocycles. The Morgan fingerprint density at radius 1 is 1.18 bits per heavy atom. The van der Waals surface area contributed by atoms with E-state index in [9.17, 15) is 9.59 Å². The number of carbonyl (C=O) groups excluding carboxylic acids is 2. The first-order valence-electron chi connectivity index (χ1n) is 9.06. The van der Waals surface area contributed by atoms with Crippen LogP contribution in [0.4, 0.5) is 5.69 Å². The molecule has 0 bridgehead atoms. The molecule has 2 amide bonds. The van der Waals surface area contributed by atoms with Gasteiger partial charge in [-0.2, -0.15) is 0 Å². The van der Waals surface area contributed by atoms with E-state index in [1.54, 1.807) is 12.3 Å². The average Bonchev–Trinajstić information content (AvgIpc) is 3.11. The first-order chi connectivity index (χ1) is 13.6. The predicted octanol–water partition coefficient (Wildman–Crippen LogP) is 3.14. The standard InChI is InChI=1S/C21H17N5O2/c1-12-10-23-21(28)18-9-14-6-7-17(25-19(14)26(12)18)20(27)24-15-8-13-4-2-3-5-16(13)22-11-15/h2-9,11-12H,10H2,1H3,(H,23,28)(H,24,27). The summed E-state index contributed by atoms with van der Waals surface area (Å²) in [5.41, 5.74) is 2.97. The van der Waals surface area contributed by atoms with Gasteiger partial charge in [-0.15, -0.1) is 0 Å². The molecule has 7 heteroatoms. The van der Waals surface area contributed by atoms with Crippen LogP contribution in [0, 0.1) is 0 Å². The Bertz CT molecular complexity index is 1260. The number of hydrogen-bond acceptors (Lipinski definition) is 4. The van der Waals surface area contributed by atoms with Crippen molar-refractivity contribution >= 4 is 39.4 Å². The normalized spacial score (nSPS) is 16.0. The third kappa shape index (κ3) is 2.60. The van der Waals surface area contributed by atoms with Crippen LogP contribution < -0.4 is 10.6 Å². The van der Waals surface area contributed by atoms with Gasteiger partial charge in [0.05, 0.1) is 23.4 Å². The van der Waals surface area contributed by atoms with Crippen LogP contribution in [0.3, 0.4) is 0 Å². The van der Waals surface area contributed by atoms with Gasteiger partial charge in [-0.05, 0) is 37.3 Å². The zero-order valence-electron chi connectivity index (χ0n) is 15.1. The number of aromatic nitrogens is 3. The molecule has 2 N–H and O–H groups in total. The molecule has 138 valence electrons. The minimum atomic E-state index is -0.317. The van der Waals surface area contributed by atoms with Crippen LogP contribution in [0.2, 0.25) is 0 Å². The fourth-order valence-corrected chi connectivity index (χ4v) is 3.60. The lowest BCUT2D eigenvalue weighted by Gasteiger charge is -2.23. The van der Waals surface area contributed by atoms with E-state index in [1.807, 2.05) is 54.0 Å². The molecule has 0 spiro atoms. The first-order valence-corrected chi connectivity index (χ1v) is 9.06. The third-order valence-electron chi connectivity index (χ3n) is 5.00. The number of pyridine rings is 2. The highest BCUT2D eigenvalue weighted by molar-refractivity contribution is 6.05. The Morgan fingerprint density at radius 3 is 2.93 bits per heavy atom. The van der Waals surface area contributed by atoms with Gasteiger partial charge in [0, 0.05) is 17.3 Å². The fraction of sp³-hybridized carbons (Fsp3) is 0.143. The molecule has 1 aliphatic rings. The van der Waals surface area contributed by atoms with Gasteiger partial charge in [-0.3, -0.25) is 14.6 Å². The number of carbonyl (C=O) groups is 2. The number of amides is 2. The van der Waals surface area contributed by atoms with Crippen molar-refractivity contribution in [2.75, 3.05) is 11.9 Å². The number of para-hydroxylation sites is 1. The van der Waals surface area contributed by atoms with Gasteiger partial charge in [0.25, 0.3) is 11.8 Å². The lowest BCUT2D eigenvalue weighted by molar-refractivity contribution is 0.0918. The fourth-order valence-electron chi connectivity index (χ4n) is 3.60. The molecule has 3 aromatic heterocycles. The molecule has 1 aliphatic heterocycles. The summed E-state index contributed by atoms with van der Waals surface area (Å²) < 4.78 is 1.89. The second kappa shape index (κ2) is 6.16. The van der Waals surface area contributed by atoms with Crippen LogP contribution in [0.15, 0.2) is 54.7 Å². The quantitative estimate of drug-likeness (QED) is 0.566. The van der Waals surface area contributed by atoms with Gasteiger partial charge in [-0.25, -0.2) is 4.98 Å². The number of fused-ring (bicyclic) bond motifs is 4. The van der Waals surface area contributed by atoms with Crippen molar-refractivity contribution in [2.45, 2.75) is 13.0 Å². The molecule has 5 rings (SSSR count). The van der Waals surface area contributed by atoms with Crippen LogP contribution in [-0.2, 0) is 0 Å². The molecule has 1 atom stereocenters. The monoisotopic (exact) mass is 371 g/mol. The van der Waals surface area contributed by atoms with E-state index >= 15 is 0 Å². The summed E-state index contributed by atoms with van der Waals surface area (Å²) in [5, 5.41) is 7.50. The van der Waals surface area contributed by atoms with Crippen molar-refractivity contribution in [3.8, 4) is 0 Å². The predicted molar refractivity (Wildman–Crippen MR) is 106 cm³/mol. The number of nitrogens with zero attached hydrogens (tertiary/aromatic N) is 3. The molecule has 7 nitrogen and oxygen atoms in total. The molecule has 4 aromatic rings. The molecule has 0 saturated heterocycles. The Kier molecular flexibility index (Phi) is 3.61. The number of benzene rings is 1. The van der Waals surface area contributed by atoms with Crippen molar-refractivity contribution in [1.82, 2.24) is 19.9 Å². The first kappa shape index (κ1) is 16.4. The molecule has 1 unspecified atom stereocenters. The van der Waals surface area contributed by atoms with Crippen molar-refractivity contribution in [3.63, 3.8) is 0 Å². The molecular weight excluding hydrogens is 354 g/mol. The molecule has 4 heterocycles. The Labute approximate surface area is 160 Å². The molecule has 0 fully saturated rings. The van der Waals surface area contributed by atoms with Crippen LogP contribution in [0.5, 0.6) is 0 Å². The zero-order valence-corrected chi connectivity index (χ0v) is 15.1.